The molecule has 230 valence electrons. The molecule has 0 amide bonds. The molecule has 5 aromatic carbocycles. The van der Waals surface area contributed by atoms with E-state index >= 15 is 0 Å². The minimum Gasteiger partial charge on any atom is -0.434 e. The van der Waals surface area contributed by atoms with Crippen LogP contribution in [0.3, 0.4) is 0 Å². The summed E-state index contributed by atoms with van der Waals surface area (Å²) in [5.41, 5.74) is 10.5. The van der Waals surface area contributed by atoms with Gasteiger partial charge in [-0.05, 0) is 22.8 Å². The van der Waals surface area contributed by atoms with Crippen molar-refractivity contribution in [1.29, 1.82) is 0 Å². The van der Waals surface area contributed by atoms with Gasteiger partial charge >= 0.3 is 0 Å². The van der Waals surface area contributed by atoms with Gasteiger partial charge in [0.1, 0.15) is 17.5 Å². The maximum atomic E-state index is 6.24. The minimum atomic E-state index is 0.524. The van der Waals surface area contributed by atoms with Crippen molar-refractivity contribution in [3.05, 3.63) is 158 Å². The molecule has 7 nitrogen and oxygen atoms in total. The highest BCUT2D eigenvalue weighted by Crippen LogP contribution is 2.35. The Balaban J connectivity index is 1.09. The lowest BCUT2D eigenvalue weighted by atomic mass is 10.0. The molecule has 9 rings (SSSR count). The molecule has 0 fully saturated rings. The molecular weight excluding hydrogens is 605 g/mol. The maximum Gasteiger partial charge on any atom is 0.229 e. The number of hydrogen-bond donors (Lipinski definition) is 0. The fraction of sp³-hybridized carbons (Fsp3) is 0. The maximum absolute atomic E-state index is 6.24. The molecule has 0 spiro atoms. The summed E-state index contributed by atoms with van der Waals surface area (Å²) in [4.78, 5) is 28.5. The summed E-state index contributed by atoms with van der Waals surface area (Å²) in [5, 5.41) is 0.847. The standard InChI is InChI=1S/C42H26N6O/c1-4-10-27(11-5-1)29-16-20-32(21-17-29)40-46-39(31-14-8-3-9-15-31)47-41(48-40)33-22-18-30(19-23-33)36-38-37(45-26-44-36)35-24-34(25-43-42(35)49-38)28-12-6-2-7-13-28/h1-26H. The van der Waals surface area contributed by atoms with E-state index in [1.165, 1.54) is 0 Å². The van der Waals surface area contributed by atoms with Crippen molar-refractivity contribution in [2.75, 3.05) is 0 Å². The molecule has 0 aliphatic heterocycles. The summed E-state index contributed by atoms with van der Waals surface area (Å²) >= 11 is 0. The van der Waals surface area contributed by atoms with Crippen LogP contribution in [-0.2, 0) is 0 Å². The van der Waals surface area contributed by atoms with Gasteiger partial charge in [0, 0.05) is 34.0 Å². The molecule has 49 heavy (non-hydrogen) atoms. The van der Waals surface area contributed by atoms with E-state index in [2.05, 4.69) is 69.5 Å². The topological polar surface area (TPSA) is 90.5 Å². The van der Waals surface area contributed by atoms with Gasteiger partial charge < -0.3 is 4.42 Å². The fourth-order valence-corrected chi connectivity index (χ4v) is 6.03. The second kappa shape index (κ2) is 12.1. The number of pyridine rings is 1. The van der Waals surface area contributed by atoms with Crippen LogP contribution in [0, 0.1) is 0 Å². The van der Waals surface area contributed by atoms with E-state index in [0.29, 0.717) is 34.5 Å². The van der Waals surface area contributed by atoms with Crippen molar-refractivity contribution < 1.29 is 4.42 Å². The Hall–Kier alpha value is -6.86. The number of nitrogens with zero attached hydrogens (tertiary/aromatic N) is 6. The molecule has 0 N–H and O–H groups in total. The van der Waals surface area contributed by atoms with E-state index in [1.54, 1.807) is 6.33 Å². The highest BCUT2D eigenvalue weighted by molar-refractivity contribution is 6.06. The largest absolute Gasteiger partial charge is 0.434 e. The summed E-state index contributed by atoms with van der Waals surface area (Å²) in [7, 11) is 0. The van der Waals surface area contributed by atoms with Gasteiger partial charge in [-0.15, -0.1) is 0 Å². The molecule has 0 aliphatic rings. The summed E-state index contributed by atoms with van der Waals surface area (Å²) in [6, 6.07) is 48.9. The van der Waals surface area contributed by atoms with Gasteiger partial charge in [-0.2, -0.15) is 0 Å². The van der Waals surface area contributed by atoms with Crippen molar-refractivity contribution in [1.82, 2.24) is 29.9 Å². The monoisotopic (exact) mass is 630 g/mol. The third-order valence-corrected chi connectivity index (χ3v) is 8.55. The lowest BCUT2D eigenvalue weighted by molar-refractivity contribution is 0.652. The van der Waals surface area contributed by atoms with Gasteiger partial charge in [-0.25, -0.2) is 29.9 Å². The number of rotatable bonds is 6. The average Bonchev–Trinajstić information content (AvgIpc) is 3.57. The minimum absolute atomic E-state index is 0.524. The molecule has 0 saturated carbocycles. The molecule has 0 bridgehead atoms. The SMILES string of the molecule is c1ccc(-c2ccc(-c3nc(-c4ccccc4)nc(-c4ccc(-c5ncnc6c5oc5ncc(-c7ccccc7)cc56)cc4)n3)cc2)cc1. The fourth-order valence-electron chi connectivity index (χ4n) is 6.03. The molecule has 0 radical (unpaired) electrons. The average molecular weight is 631 g/mol. The Morgan fingerprint density at radius 3 is 1.41 bits per heavy atom. The number of hydrogen-bond acceptors (Lipinski definition) is 7. The van der Waals surface area contributed by atoms with Crippen molar-refractivity contribution in [2.24, 2.45) is 0 Å². The molecular formula is C42H26N6O. The third kappa shape index (κ3) is 5.39. The first-order valence-electron chi connectivity index (χ1n) is 15.9. The predicted molar refractivity (Wildman–Crippen MR) is 193 cm³/mol. The second-order valence-corrected chi connectivity index (χ2v) is 11.6. The van der Waals surface area contributed by atoms with Gasteiger partial charge in [0.2, 0.25) is 5.71 Å². The molecule has 0 saturated heterocycles. The molecule has 0 atom stereocenters. The Labute approximate surface area is 281 Å². The van der Waals surface area contributed by atoms with E-state index in [0.717, 1.165) is 55.4 Å². The Bertz CT molecular complexity index is 2570. The summed E-state index contributed by atoms with van der Waals surface area (Å²) < 4.78 is 6.24. The van der Waals surface area contributed by atoms with Gasteiger partial charge in [0.05, 0.1) is 5.39 Å². The van der Waals surface area contributed by atoms with Crippen LogP contribution in [0.2, 0.25) is 0 Å². The summed E-state index contributed by atoms with van der Waals surface area (Å²) in [6.45, 7) is 0. The number of fused-ring (bicyclic) bond motifs is 3. The van der Waals surface area contributed by atoms with Crippen molar-refractivity contribution in [2.45, 2.75) is 0 Å². The first-order chi connectivity index (χ1) is 24.3. The Kier molecular flexibility index (Phi) is 6.98. The van der Waals surface area contributed by atoms with E-state index in [-0.39, 0.29) is 0 Å². The first-order valence-corrected chi connectivity index (χ1v) is 15.9. The number of furan rings is 1. The molecule has 0 unspecified atom stereocenters. The van der Waals surface area contributed by atoms with Crippen LogP contribution in [0.25, 0.3) is 89.9 Å². The number of benzene rings is 5. The molecule has 4 aromatic heterocycles. The van der Waals surface area contributed by atoms with Crippen molar-refractivity contribution in [3.63, 3.8) is 0 Å². The van der Waals surface area contributed by atoms with E-state index in [9.17, 15) is 0 Å². The van der Waals surface area contributed by atoms with E-state index in [1.807, 2.05) is 97.2 Å². The van der Waals surface area contributed by atoms with Crippen molar-refractivity contribution >= 4 is 22.2 Å². The zero-order chi connectivity index (χ0) is 32.6. The molecule has 0 aliphatic carbocycles. The second-order valence-electron chi connectivity index (χ2n) is 11.6. The van der Waals surface area contributed by atoms with Crippen LogP contribution in [0.1, 0.15) is 0 Å². The summed E-state index contributed by atoms with van der Waals surface area (Å²) in [6.07, 6.45) is 3.40. The summed E-state index contributed by atoms with van der Waals surface area (Å²) in [5.74, 6) is 1.80. The van der Waals surface area contributed by atoms with Crippen LogP contribution in [-0.4, -0.2) is 29.9 Å². The van der Waals surface area contributed by atoms with Crippen LogP contribution in [0.15, 0.2) is 163 Å². The smallest absolute Gasteiger partial charge is 0.229 e. The normalized spacial score (nSPS) is 11.3. The lowest BCUT2D eigenvalue weighted by Crippen LogP contribution is -2.00. The quantitative estimate of drug-likeness (QED) is 0.181. The van der Waals surface area contributed by atoms with Crippen LogP contribution < -0.4 is 0 Å². The predicted octanol–water partition coefficient (Wildman–Crippen LogP) is 9.96. The third-order valence-electron chi connectivity index (χ3n) is 8.55. The van der Waals surface area contributed by atoms with Crippen molar-refractivity contribution in [3.8, 4) is 67.7 Å². The lowest BCUT2D eigenvalue weighted by Gasteiger charge is -2.09. The van der Waals surface area contributed by atoms with Gasteiger partial charge in [0.25, 0.3) is 0 Å². The van der Waals surface area contributed by atoms with E-state index in [4.69, 9.17) is 19.4 Å². The van der Waals surface area contributed by atoms with Crippen LogP contribution in [0.4, 0.5) is 0 Å². The van der Waals surface area contributed by atoms with E-state index < -0.39 is 0 Å². The Morgan fingerprint density at radius 2 is 0.837 bits per heavy atom. The highest BCUT2D eigenvalue weighted by Gasteiger charge is 2.18. The first kappa shape index (κ1) is 28.4. The van der Waals surface area contributed by atoms with Gasteiger partial charge in [0.15, 0.2) is 23.1 Å². The molecule has 7 heteroatoms. The van der Waals surface area contributed by atoms with Gasteiger partial charge in [-0.3, -0.25) is 0 Å². The zero-order valence-corrected chi connectivity index (χ0v) is 26.1. The molecule has 9 aromatic rings. The van der Waals surface area contributed by atoms with Crippen LogP contribution in [0.5, 0.6) is 0 Å². The highest BCUT2D eigenvalue weighted by atomic mass is 16.3. The zero-order valence-electron chi connectivity index (χ0n) is 26.1. The van der Waals surface area contributed by atoms with Gasteiger partial charge in [-0.1, -0.05) is 140 Å². The van der Waals surface area contributed by atoms with Crippen LogP contribution >= 0.6 is 0 Å². The Morgan fingerprint density at radius 1 is 0.388 bits per heavy atom. The number of aromatic nitrogens is 6. The molecule has 4 heterocycles.